The van der Waals surface area contributed by atoms with Gasteiger partial charge in [-0.15, -0.1) is 0 Å². The molecule has 0 spiro atoms. The lowest BCUT2D eigenvalue weighted by Gasteiger charge is -2.12. The van der Waals surface area contributed by atoms with E-state index in [1.54, 1.807) is 0 Å². The number of aromatic nitrogens is 1. The number of rotatable bonds is 6. The third-order valence-corrected chi connectivity index (χ3v) is 2.97. The first-order valence-corrected chi connectivity index (χ1v) is 6.60. The Hall–Kier alpha value is -1.81. The van der Waals surface area contributed by atoms with E-state index < -0.39 is 0 Å². The molecule has 0 bridgehead atoms. The van der Waals surface area contributed by atoms with Gasteiger partial charge in [-0.25, -0.2) is 0 Å². The van der Waals surface area contributed by atoms with Crippen LogP contribution in [0.2, 0.25) is 0 Å². The fourth-order valence-corrected chi connectivity index (χ4v) is 1.73. The summed E-state index contributed by atoms with van der Waals surface area (Å²) in [6, 6.07) is 9.84. The topological polar surface area (TPSA) is 47.3 Å². The molecule has 0 fully saturated rings. The molecular weight excluding hydrogens is 240 g/mol. The van der Waals surface area contributed by atoms with Crippen LogP contribution < -0.4 is 10.1 Å². The highest BCUT2D eigenvalue weighted by Gasteiger charge is 2.07. The number of hydrogen-bond acceptors (Lipinski definition) is 4. The molecule has 1 atom stereocenters. The summed E-state index contributed by atoms with van der Waals surface area (Å²) in [6.07, 6.45) is 1.23. The molecule has 0 aliphatic heterocycles. The molecule has 1 aromatic heterocycles. The van der Waals surface area contributed by atoms with Crippen LogP contribution in [0.15, 0.2) is 34.9 Å². The van der Waals surface area contributed by atoms with E-state index in [9.17, 15) is 0 Å². The van der Waals surface area contributed by atoms with Crippen molar-refractivity contribution in [2.75, 3.05) is 7.05 Å². The Balaban J connectivity index is 2.08. The summed E-state index contributed by atoms with van der Waals surface area (Å²) in [5.74, 6) is 1.66. The van der Waals surface area contributed by atoms with E-state index >= 15 is 0 Å². The van der Waals surface area contributed by atoms with Crippen LogP contribution in [-0.2, 0) is 6.54 Å². The third kappa shape index (κ3) is 3.58. The van der Waals surface area contributed by atoms with Gasteiger partial charge in [0.25, 0.3) is 0 Å². The molecule has 1 unspecified atom stereocenters. The van der Waals surface area contributed by atoms with E-state index in [1.807, 2.05) is 37.4 Å². The van der Waals surface area contributed by atoms with E-state index in [2.05, 4.69) is 24.3 Å². The van der Waals surface area contributed by atoms with Crippen LogP contribution in [0.25, 0.3) is 11.3 Å². The number of nitrogens with zero attached hydrogens (tertiary/aromatic N) is 1. The SMILES string of the molecule is CCC(C)Oc1ccc(-c2cc(CNC)no2)cc1. The van der Waals surface area contributed by atoms with Gasteiger partial charge < -0.3 is 14.6 Å². The number of ether oxygens (including phenoxy) is 1. The predicted molar refractivity (Wildman–Crippen MR) is 75.1 cm³/mol. The minimum Gasteiger partial charge on any atom is -0.491 e. The zero-order valence-corrected chi connectivity index (χ0v) is 11.6. The fraction of sp³-hybridized carbons (Fsp3) is 0.400. The molecule has 2 rings (SSSR count). The Bertz CT molecular complexity index is 505. The first kappa shape index (κ1) is 13.6. The molecule has 0 saturated carbocycles. The first-order valence-electron chi connectivity index (χ1n) is 6.60. The van der Waals surface area contributed by atoms with Crippen molar-refractivity contribution in [1.29, 1.82) is 0 Å². The molecule has 0 saturated heterocycles. The van der Waals surface area contributed by atoms with Crippen molar-refractivity contribution < 1.29 is 9.26 Å². The van der Waals surface area contributed by atoms with Crippen LogP contribution in [0, 0.1) is 0 Å². The molecule has 4 heteroatoms. The van der Waals surface area contributed by atoms with E-state index in [0.29, 0.717) is 6.54 Å². The summed E-state index contributed by atoms with van der Waals surface area (Å²) in [7, 11) is 1.88. The molecule has 1 aromatic carbocycles. The maximum atomic E-state index is 5.74. The van der Waals surface area contributed by atoms with Gasteiger partial charge in [0.05, 0.1) is 11.8 Å². The Kier molecular flexibility index (Phi) is 4.58. The molecule has 19 heavy (non-hydrogen) atoms. The average molecular weight is 260 g/mol. The summed E-state index contributed by atoms with van der Waals surface area (Å²) >= 11 is 0. The lowest BCUT2D eigenvalue weighted by atomic mass is 10.1. The van der Waals surface area contributed by atoms with Gasteiger partial charge in [-0.2, -0.15) is 0 Å². The molecule has 4 nitrogen and oxygen atoms in total. The van der Waals surface area contributed by atoms with Gasteiger partial charge >= 0.3 is 0 Å². The van der Waals surface area contributed by atoms with E-state index in [0.717, 1.165) is 29.2 Å². The second-order valence-electron chi connectivity index (χ2n) is 4.57. The molecular formula is C15H20N2O2. The molecule has 0 aliphatic rings. The summed E-state index contributed by atoms with van der Waals surface area (Å²) in [5.41, 5.74) is 1.91. The lowest BCUT2D eigenvalue weighted by molar-refractivity contribution is 0.217. The minimum absolute atomic E-state index is 0.235. The molecule has 0 radical (unpaired) electrons. The maximum absolute atomic E-state index is 5.74. The Morgan fingerprint density at radius 1 is 1.32 bits per heavy atom. The predicted octanol–water partition coefficient (Wildman–Crippen LogP) is 3.24. The molecule has 0 aliphatic carbocycles. The maximum Gasteiger partial charge on any atom is 0.167 e. The van der Waals surface area contributed by atoms with E-state index in [4.69, 9.17) is 9.26 Å². The van der Waals surface area contributed by atoms with Gasteiger partial charge in [-0.1, -0.05) is 12.1 Å². The van der Waals surface area contributed by atoms with Gasteiger partial charge in [-0.3, -0.25) is 0 Å². The van der Waals surface area contributed by atoms with Crippen molar-refractivity contribution in [3.05, 3.63) is 36.0 Å². The average Bonchev–Trinajstić information content (AvgIpc) is 2.88. The van der Waals surface area contributed by atoms with Gasteiger partial charge in [0.2, 0.25) is 0 Å². The second kappa shape index (κ2) is 6.38. The number of hydrogen-bond donors (Lipinski definition) is 1. The fourth-order valence-electron chi connectivity index (χ4n) is 1.73. The zero-order chi connectivity index (χ0) is 13.7. The first-order chi connectivity index (χ1) is 9.22. The van der Waals surface area contributed by atoms with E-state index in [1.165, 1.54) is 0 Å². The summed E-state index contributed by atoms with van der Waals surface area (Å²) < 4.78 is 11.1. The quantitative estimate of drug-likeness (QED) is 0.866. The van der Waals surface area contributed by atoms with Gasteiger partial charge in [-0.05, 0) is 44.7 Å². The smallest absolute Gasteiger partial charge is 0.167 e. The van der Waals surface area contributed by atoms with Gasteiger partial charge in [0, 0.05) is 18.2 Å². The van der Waals surface area contributed by atoms with Crippen LogP contribution in [-0.4, -0.2) is 18.3 Å². The van der Waals surface area contributed by atoms with Crippen molar-refractivity contribution in [1.82, 2.24) is 10.5 Å². The van der Waals surface area contributed by atoms with Crippen LogP contribution in [0.1, 0.15) is 26.0 Å². The lowest BCUT2D eigenvalue weighted by Crippen LogP contribution is -2.09. The third-order valence-electron chi connectivity index (χ3n) is 2.97. The summed E-state index contributed by atoms with van der Waals surface area (Å²) in [5, 5.41) is 7.04. The highest BCUT2D eigenvalue weighted by molar-refractivity contribution is 5.58. The number of benzene rings is 1. The van der Waals surface area contributed by atoms with Gasteiger partial charge in [0.1, 0.15) is 5.75 Å². The second-order valence-corrected chi connectivity index (χ2v) is 4.57. The Morgan fingerprint density at radius 2 is 2.05 bits per heavy atom. The molecule has 0 amide bonds. The highest BCUT2D eigenvalue weighted by atomic mass is 16.5. The summed E-state index contributed by atoms with van der Waals surface area (Å²) in [6.45, 7) is 4.88. The molecule has 1 N–H and O–H groups in total. The minimum atomic E-state index is 0.235. The van der Waals surface area contributed by atoms with Gasteiger partial charge in [0.15, 0.2) is 5.76 Å². The van der Waals surface area contributed by atoms with Crippen LogP contribution in [0.4, 0.5) is 0 Å². The Morgan fingerprint density at radius 3 is 2.68 bits per heavy atom. The molecule has 1 heterocycles. The van der Waals surface area contributed by atoms with Crippen LogP contribution >= 0.6 is 0 Å². The molecule has 102 valence electrons. The largest absolute Gasteiger partial charge is 0.491 e. The van der Waals surface area contributed by atoms with Crippen molar-refractivity contribution >= 4 is 0 Å². The van der Waals surface area contributed by atoms with Crippen molar-refractivity contribution in [3.63, 3.8) is 0 Å². The monoisotopic (exact) mass is 260 g/mol. The van der Waals surface area contributed by atoms with Crippen LogP contribution in [0.3, 0.4) is 0 Å². The Labute approximate surface area is 113 Å². The molecule has 2 aromatic rings. The van der Waals surface area contributed by atoms with Crippen molar-refractivity contribution in [3.8, 4) is 17.1 Å². The number of nitrogens with one attached hydrogen (secondary N) is 1. The normalized spacial score (nSPS) is 12.4. The highest BCUT2D eigenvalue weighted by Crippen LogP contribution is 2.23. The van der Waals surface area contributed by atoms with Crippen LogP contribution in [0.5, 0.6) is 5.75 Å². The zero-order valence-electron chi connectivity index (χ0n) is 11.6. The summed E-state index contributed by atoms with van der Waals surface area (Å²) in [4.78, 5) is 0. The standard InChI is InChI=1S/C15H20N2O2/c1-4-11(2)18-14-7-5-12(6-8-14)15-9-13(10-16-3)17-19-15/h5-9,11,16H,4,10H2,1-3H3. The van der Waals surface area contributed by atoms with Crippen molar-refractivity contribution in [2.24, 2.45) is 0 Å². The van der Waals surface area contributed by atoms with Crippen molar-refractivity contribution in [2.45, 2.75) is 32.9 Å². The van der Waals surface area contributed by atoms with E-state index in [-0.39, 0.29) is 6.10 Å².